The highest BCUT2D eigenvalue weighted by Gasteiger charge is 2.45. The molecular weight excluding hydrogens is 377 g/mol. The van der Waals surface area contributed by atoms with E-state index >= 15 is 0 Å². The summed E-state index contributed by atoms with van der Waals surface area (Å²) in [5.74, 6) is -2.49. The lowest BCUT2D eigenvalue weighted by molar-refractivity contribution is -0.136. The lowest BCUT2D eigenvalue weighted by Gasteiger charge is -2.28. The van der Waals surface area contributed by atoms with Crippen LogP contribution in [0.2, 0.25) is 0 Å². The highest BCUT2D eigenvalue weighted by atomic mass is 19.1. The number of fused-ring (bicyclic) bond motifs is 1. The van der Waals surface area contributed by atoms with Crippen molar-refractivity contribution < 1.29 is 23.6 Å². The van der Waals surface area contributed by atoms with E-state index < -0.39 is 29.7 Å². The molecule has 2 aliphatic heterocycles. The molecule has 1 unspecified atom stereocenters. The number of nitrogens with one attached hydrogen (secondary N) is 1. The number of carbonyl (C=O) groups excluding carboxylic acids is 4. The molecule has 1 N–H and O–H groups in total. The maximum Gasteiger partial charge on any atom is 0.264 e. The van der Waals surface area contributed by atoms with Crippen LogP contribution >= 0.6 is 0 Å². The summed E-state index contributed by atoms with van der Waals surface area (Å²) in [5, 5.41) is 2.18. The summed E-state index contributed by atoms with van der Waals surface area (Å²) in [7, 11) is 1.77. The molecule has 8 heteroatoms. The summed E-state index contributed by atoms with van der Waals surface area (Å²) in [5.41, 5.74) is 1.83. The number of anilines is 1. The van der Waals surface area contributed by atoms with Gasteiger partial charge in [0.05, 0.1) is 16.8 Å². The SMILES string of the molecule is CN(Cc1ccc(F)cc1)c1cccc2c1C(=O)N(C1CCC(=O)NC1=O)C2=O. The van der Waals surface area contributed by atoms with Crippen LogP contribution in [0.1, 0.15) is 39.1 Å². The second-order valence-corrected chi connectivity index (χ2v) is 7.13. The van der Waals surface area contributed by atoms with E-state index in [2.05, 4.69) is 5.32 Å². The molecule has 0 spiro atoms. The lowest BCUT2D eigenvalue weighted by atomic mass is 10.0. The van der Waals surface area contributed by atoms with E-state index in [1.807, 2.05) is 0 Å². The number of hydrogen-bond acceptors (Lipinski definition) is 5. The number of imide groups is 2. The molecule has 1 fully saturated rings. The fourth-order valence-electron chi connectivity index (χ4n) is 3.76. The zero-order valence-electron chi connectivity index (χ0n) is 15.6. The van der Waals surface area contributed by atoms with Gasteiger partial charge in [-0.3, -0.25) is 29.4 Å². The predicted molar refractivity (Wildman–Crippen MR) is 102 cm³/mol. The second-order valence-electron chi connectivity index (χ2n) is 7.13. The first-order valence-electron chi connectivity index (χ1n) is 9.17. The number of benzene rings is 2. The topological polar surface area (TPSA) is 86.8 Å². The van der Waals surface area contributed by atoms with E-state index in [0.717, 1.165) is 10.5 Å². The molecule has 2 aromatic carbocycles. The van der Waals surface area contributed by atoms with Crippen LogP contribution in [-0.4, -0.2) is 41.6 Å². The Morgan fingerprint density at radius 1 is 1.07 bits per heavy atom. The summed E-state index contributed by atoms with van der Waals surface area (Å²) >= 11 is 0. The summed E-state index contributed by atoms with van der Waals surface area (Å²) < 4.78 is 13.1. The zero-order valence-corrected chi connectivity index (χ0v) is 15.6. The molecule has 1 atom stereocenters. The fourth-order valence-corrected chi connectivity index (χ4v) is 3.76. The maximum absolute atomic E-state index is 13.1. The number of piperidine rings is 1. The van der Waals surface area contributed by atoms with Crippen molar-refractivity contribution in [2.45, 2.75) is 25.4 Å². The molecular formula is C21H18FN3O4. The molecule has 4 rings (SSSR count). The van der Waals surface area contributed by atoms with Crippen molar-refractivity contribution in [2.75, 3.05) is 11.9 Å². The van der Waals surface area contributed by atoms with Gasteiger partial charge < -0.3 is 4.90 Å². The van der Waals surface area contributed by atoms with Gasteiger partial charge in [-0.2, -0.15) is 0 Å². The van der Waals surface area contributed by atoms with Gasteiger partial charge in [0.1, 0.15) is 11.9 Å². The van der Waals surface area contributed by atoms with Crippen molar-refractivity contribution in [3.63, 3.8) is 0 Å². The number of amides is 4. The van der Waals surface area contributed by atoms with Gasteiger partial charge in [-0.25, -0.2) is 4.39 Å². The van der Waals surface area contributed by atoms with Crippen molar-refractivity contribution in [3.05, 3.63) is 65.0 Å². The maximum atomic E-state index is 13.1. The first-order chi connectivity index (χ1) is 13.9. The zero-order chi connectivity index (χ0) is 20.7. The molecule has 148 valence electrons. The highest BCUT2D eigenvalue weighted by molar-refractivity contribution is 6.25. The van der Waals surface area contributed by atoms with Crippen LogP contribution in [0.15, 0.2) is 42.5 Å². The Balaban J connectivity index is 1.64. The van der Waals surface area contributed by atoms with Crippen molar-refractivity contribution in [3.8, 4) is 0 Å². The minimum absolute atomic E-state index is 0.0706. The number of hydrogen-bond donors (Lipinski definition) is 1. The first-order valence-corrected chi connectivity index (χ1v) is 9.17. The van der Waals surface area contributed by atoms with E-state index in [1.165, 1.54) is 12.1 Å². The third-order valence-corrected chi connectivity index (χ3v) is 5.19. The molecule has 0 aromatic heterocycles. The Kier molecular flexibility index (Phi) is 4.62. The Labute approximate surface area is 166 Å². The van der Waals surface area contributed by atoms with E-state index in [-0.39, 0.29) is 29.8 Å². The Hall–Kier alpha value is -3.55. The van der Waals surface area contributed by atoms with Crippen LogP contribution in [0.4, 0.5) is 10.1 Å². The van der Waals surface area contributed by atoms with Crippen LogP contribution in [-0.2, 0) is 16.1 Å². The van der Waals surface area contributed by atoms with Crippen molar-refractivity contribution in [1.29, 1.82) is 0 Å². The quantitative estimate of drug-likeness (QED) is 0.799. The summed E-state index contributed by atoms with van der Waals surface area (Å²) in [6.45, 7) is 0.399. The largest absolute Gasteiger partial charge is 0.370 e. The first kappa shape index (κ1) is 18.8. The van der Waals surface area contributed by atoms with Gasteiger partial charge in [0.15, 0.2) is 0 Å². The molecule has 2 aromatic rings. The molecule has 0 bridgehead atoms. The van der Waals surface area contributed by atoms with E-state index in [9.17, 15) is 23.6 Å². The molecule has 1 saturated heterocycles. The predicted octanol–water partition coefficient (Wildman–Crippen LogP) is 1.86. The van der Waals surface area contributed by atoms with E-state index in [1.54, 1.807) is 42.3 Å². The van der Waals surface area contributed by atoms with Gasteiger partial charge in [-0.1, -0.05) is 18.2 Å². The molecule has 7 nitrogen and oxygen atoms in total. The number of carbonyl (C=O) groups is 4. The summed E-state index contributed by atoms with van der Waals surface area (Å²) in [6.07, 6.45) is 0.179. The minimum Gasteiger partial charge on any atom is -0.370 e. The van der Waals surface area contributed by atoms with Crippen LogP contribution in [0.3, 0.4) is 0 Å². The lowest BCUT2D eigenvalue weighted by Crippen LogP contribution is -2.54. The number of rotatable bonds is 4. The normalized spacial score (nSPS) is 18.7. The van der Waals surface area contributed by atoms with Gasteiger partial charge in [0.25, 0.3) is 11.8 Å². The molecule has 2 aliphatic rings. The van der Waals surface area contributed by atoms with Crippen LogP contribution < -0.4 is 10.2 Å². The smallest absolute Gasteiger partial charge is 0.264 e. The van der Waals surface area contributed by atoms with Crippen molar-refractivity contribution >= 4 is 29.3 Å². The Morgan fingerprint density at radius 3 is 2.48 bits per heavy atom. The third kappa shape index (κ3) is 3.26. The molecule has 0 aliphatic carbocycles. The molecule has 0 saturated carbocycles. The van der Waals surface area contributed by atoms with Gasteiger partial charge in [-0.05, 0) is 36.2 Å². The number of nitrogens with zero attached hydrogens (tertiary/aromatic N) is 2. The molecule has 0 radical (unpaired) electrons. The molecule has 4 amide bonds. The average Bonchev–Trinajstić information content (AvgIpc) is 2.95. The van der Waals surface area contributed by atoms with Gasteiger partial charge in [0.2, 0.25) is 11.8 Å². The summed E-state index contributed by atoms with van der Waals surface area (Å²) in [4.78, 5) is 52.4. The fraction of sp³-hybridized carbons (Fsp3) is 0.238. The van der Waals surface area contributed by atoms with Gasteiger partial charge in [0, 0.05) is 20.0 Å². The standard InChI is InChI=1S/C21H18FN3O4/c1-24(11-12-5-7-13(22)8-6-12)15-4-2-3-14-18(15)21(29)25(20(14)28)16-9-10-17(26)23-19(16)27/h2-8,16H,9-11H2,1H3,(H,23,26,27). The van der Waals surface area contributed by atoms with Gasteiger partial charge in [-0.15, -0.1) is 0 Å². The third-order valence-electron chi connectivity index (χ3n) is 5.19. The average molecular weight is 395 g/mol. The van der Waals surface area contributed by atoms with Crippen molar-refractivity contribution in [1.82, 2.24) is 10.2 Å². The van der Waals surface area contributed by atoms with Crippen molar-refractivity contribution in [2.24, 2.45) is 0 Å². The van der Waals surface area contributed by atoms with Crippen LogP contribution in [0.5, 0.6) is 0 Å². The minimum atomic E-state index is -1.00. The van der Waals surface area contributed by atoms with Crippen LogP contribution in [0.25, 0.3) is 0 Å². The van der Waals surface area contributed by atoms with Crippen LogP contribution in [0, 0.1) is 5.82 Å². The van der Waals surface area contributed by atoms with E-state index in [0.29, 0.717) is 12.2 Å². The molecule has 29 heavy (non-hydrogen) atoms. The monoisotopic (exact) mass is 395 g/mol. The highest BCUT2D eigenvalue weighted by Crippen LogP contribution is 2.34. The number of halogens is 1. The molecule has 2 heterocycles. The Bertz CT molecular complexity index is 1030. The second kappa shape index (κ2) is 7.12. The van der Waals surface area contributed by atoms with E-state index in [4.69, 9.17) is 0 Å². The Morgan fingerprint density at radius 2 is 1.79 bits per heavy atom. The van der Waals surface area contributed by atoms with Gasteiger partial charge >= 0.3 is 0 Å². The summed E-state index contributed by atoms with van der Waals surface area (Å²) in [6, 6.07) is 9.97.